The third-order valence-corrected chi connectivity index (χ3v) is 7.07. The molecule has 1 heterocycles. The number of benzene rings is 3. The van der Waals surface area contributed by atoms with Gasteiger partial charge in [-0.1, -0.05) is 29.3 Å². The van der Waals surface area contributed by atoms with E-state index in [0.29, 0.717) is 11.2 Å². The maximum Gasteiger partial charge on any atom is 0.244 e. The second-order valence-electron chi connectivity index (χ2n) is 7.48. The molecule has 0 spiro atoms. The van der Waals surface area contributed by atoms with Crippen LogP contribution in [0.25, 0.3) is 10.9 Å². The predicted molar refractivity (Wildman–Crippen MR) is 125 cm³/mol. The molecule has 0 saturated carbocycles. The van der Waals surface area contributed by atoms with E-state index in [1.165, 1.54) is 10.6 Å². The zero-order chi connectivity index (χ0) is 23.8. The summed E-state index contributed by atoms with van der Waals surface area (Å²) in [4.78, 5) is 25.0. The van der Waals surface area contributed by atoms with Crippen LogP contribution in [0.15, 0.2) is 87.5 Å². The number of pyridine rings is 1. The summed E-state index contributed by atoms with van der Waals surface area (Å²) in [6.45, 7) is 1.67. The van der Waals surface area contributed by atoms with E-state index in [1.807, 2.05) is 19.1 Å². The second kappa shape index (κ2) is 8.80. The molecular weight excluding hydrogens is 467 g/mol. The van der Waals surface area contributed by atoms with Crippen molar-refractivity contribution in [1.29, 1.82) is 0 Å². The van der Waals surface area contributed by atoms with Crippen molar-refractivity contribution in [2.45, 2.75) is 23.3 Å². The number of rotatable bonds is 5. The third-order valence-electron chi connectivity index (χ3n) is 5.07. The van der Waals surface area contributed by atoms with Gasteiger partial charge in [-0.15, -0.1) is 0 Å². The minimum Gasteiger partial charge on any atom is -0.336 e. The van der Waals surface area contributed by atoms with E-state index in [0.717, 1.165) is 36.0 Å². The van der Waals surface area contributed by atoms with Crippen LogP contribution in [-0.4, -0.2) is 18.9 Å². The Morgan fingerprint density at radius 1 is 1.03 bits per heavy atom. The van der Waals surface area contributed by atoms with Crippen LogP contribution in [0.1, 0.15) is 5.56 Å². The molecule has 0 aliphatic heterocycles. The highest BCUT2D eigenvalue weighted by Gasteiger charge is 2.24. The first kappa shape index (κ1) is 22.7. The van der Waals surface area contributed by atoms with Crippen LogP contribution in [0.5, 0.6) is 0 Å². The quantitative estimate of drug-likeness (QED) is 0.420. The maximum atomic E-state index is 13.3. The number of aryl methyl sites for hydroxylation is 1. The largest absolute Gasteiger partial charge is 0.336 e. The van der Waals surface area contributed by atoms with Crippen molar-refractivity contribution >= 4 is 43.9 Å². The van der Waals surface area contributed by atoms with Gasteiger partial charge in [-0.25, -0.2) is 12.8 Å². The molecular formula is C24H18ClFN2O4S. The standard InChI is InChI=1S/C24H18ClFN2O4S/c1-15-2-7-18(8-3-15)27-23(29)14-28-13-22(24(30)20-12-16(25)4-11-21(20)28)33(31,32)19-9-5-17(26)6-10-19/h2-13H,14H2,1H3,(H,27,29). The third kappa shape index (κ3) is 4.67. The second-order valence-corrected chi connectivity index (χ2v) is 9.84. The summed E-state index contributed by atoms with van der Waals surface area (Å²) in [5, 5.41) is 3.04. The number of anilines is 1. The fraction of sp³-hybridized carbons (Fsp3) is 0.0833. The van der Waals surface area contributed by atoms with E-state index in [2.05, 4.69) is 5.32 Å². The lowest BCUT2D eigenvalue weighted by Gasteiger charge is -2.14. The molecule has 0 fully saturated rings. The number of sulfone groups is 1. The van der Waals surface area contributed by atoms with Crippen LogP contribution >= 0.6 is 11.6 Å². The normalized spacial score (nSPS) is 11.5. The van der Waals surface area contributed by atoms with Gasteiger partial charge in [0.25, 0.3) is 0 Å². The monoisotopic (exact) mass is 484 g/mol. The van der Waals surface area contributed by atoms with Crippen molar-refractivity contribution in [3.63, 3.8) is 0 Å². The average molecular weight is 485 g/mol. The Morgan fingerprint density at radius 3 is 2.36 bits per heavy atom. The molecule has 4 aromatic rings. The molecule has 9 heteroatoms. The van der Waals surface area contributed by atoms with Gasteiger partial charge in [0.05, 0.1) is 10.4 Å². The van der Waals surface area contributed by atoms with Gasteiger partial charge in [-0.2, -0.15) is 0 Å². The highest BCUT2D eigenvalue weighted by molar-refractivity contribution is 7.91. The van der Waals surface area contributed by atoms with Crippen molar-refractivity contribution in [2.75, 3.05) is 5.32 Å². The van der Waals surface area contributed by atoms with Crippen LogP contribution < -0.4 is 10.7 Å². The Bertz CT molecular complexity index is 1530. The first-order chi connectivity index (χ1) is 15.6. The Hall–Kier alpha value is -3.49. The van der Waals surface area contributed by atoms with Gasteiger partial charge in [0, 0.05) is 22.3 Å². The van der Waals surface area contributed by atoms with E-state index in [1.54, 1.807) is 24.3 Å². The molecule has 0 unspecified atom stereocenters. The minimum absolute atomic E-state index is 0.0498. The summed E-state index contributed by atoms with van der Waals surface area (Å²) in [5.41, 5.74) is 1.21. The summed E-state index contributed by atoms with van der Waals surface area (Å²) in [7, 11) is -4.29. The molecule has 3 aromatic carbocycles. The van der Waals surface area contributed by atoms with Crippen LogP contribution in [0.3, 0.4) is 0 Å². The van der Waals surface area contributed by atoms with Gasteiger partial charge < -0.3 is 9.88 Å². The summed E-state index contributed by atoms with van der Waals surface area (Å²) in [6, 6.07) is 15.8. The molecule has 1 aromatic heterocycles. The van der Waals surface area contributed by atoms with E-state index in [9.17, 15) is 22.4 Å². The lowest BCUT2D eigenvalue weighted by molar-refractivity contribution is -0.116. The van der Waals surface area contributed by atoms with E-state index < -0.39 is 31.9 Å². The molecule has 1 N–H and O–H groups in total. The lowest BCUT2D eigenvalue weighted by Crippen LogP contribution is -2.24. The molecule has 33 heavy (non-hydrogen) atoms. The van der Waals surface area contributed by atoms with Crippen LogP contribution in [0.2, 0.25) is 5.02 Å². The molecule has 0 aliphatic carbocycles. The van der Waals surface area contributed by atoms with Gasteiger partial charge in [0.2, 0.25) is 21.2 Å². The van der Waals surface area contributed by atoms with E-state index in [-0.39, 0.29) is 21.8 Å². The fourth-order valence-electron chi connectivity index (χ4n) is 3.40. The van der Waals surface area contributed by atoms with Crippen molar-refractivity contribution in [3.8, 4) is 0 Å². The molecule has 0 saturated heterocycles. The molecule has 4 rings (SSSR count). The fourth-order valence-corrected chi connectivity index (χ4v) is 4.94. The Kier molecular flexibility index (Phi) is 6.05. The summed E-state index contributed by atoms with van der Waals surface area (Å²) >= 11 is 6.05. The molecule has 6 nitrogen and oxygen atoms in total. The van der Waals surface area contributed by atoms with Crippen molar-refractivity contribution < 1.29 is 17.6 Å². The minimum atomic E-state index is -4.29. The molecule has 0 atom stereocenters. The number of nitrogens with one attached hydrogen (secondary N) is 1. The zero-order valence-electron chi connectivity index (χ0n) is 17.4. The number of aromatic nitrogens is 1. The Labute approximate surface area is 194 Å². The molecule has 0 bridgehead atoms. The number of hydrogen-bond donors (Lipinski definition) is 1. The molecule has 0 radical (unpaired) electrons. The molecule has 1 amide bonds. The Morgan fingerprint density at radius 2 is 1.70 bits per heavy atom. The number of carbonyl (C=O) groups is 1. The van der Waals surface area contributed by atoms with Crippen LogP contribution in [0, 0.1) is 12.7 Å². The number of nitrogens with zero attached hydrogens (tertiary/aromatic N) is 1. The Balaban J connectivity index is 1.81. The number of hydrogen-bond acceptors (Lipinski definition) is 4. The topological polar surface area (TPSA) is 85.2 Å². The van der Waals surface area contributed by atoms with E-state index >= 15 is 0 Å². The van der Waals surface area contributed by atoms with Crippen LogP contribution in [0.4, 0.5) is 10.1 Å². The van der Waals surface area contributed by atoms with Gasteiger partial charge in [-0.05, 0) is 61.5 Å². The predicted octanol–water partition coefficient (Wildman–Crippen LogP) is 4.57. The smallest absolute Gasteiger partial charge is 0.244 e. The first-order valence-electron chi connectivity index (χ1n) is 9.85. The SMILES string of the molecule is Cc1ccc(NC(=O)Cn2cc(S(=O)(=O)c3ccc(F)cc3)c(=O)c3cc(Cl)ccc32)cc1. The lowest BCUT2D eigenvalue weighted by atomic mass is 10.2. The highest BCUT2D eigenvalue weighted by atomic mass is 35.5. The van der Waals surface area contributed by atoms with Crippen LogP contribution in [-0.2, 0) is 21.2 Å². The van der Waals surface area contributed by atoms with Gasteiger partial charge in [0.15, 0.2) is 0 Å². The van der Waals surface area contributed by atoms with Gasteiger partial charge in [0.1, 0.15) is 17.3 Å². The highest BCUT2D eigenvalue weighted by Crippen LogP contribution is 2.23. The average Bonchev–Trinajstić information content (AvgIpc) is 2.77. The summed E-state index contributed by atoms with van der Waals surface area (Å²) in [5.74, 6) is -1.02. The van der Waals surface area contributed by atoms with Crippen molar-refractivity contribution in [3.05, 3.63) is 99.6 Å². The van der Waals surface area contributed by atoms with Crippen molar-refractivity contribution in [1.82, 2.24) is 4.57 Å². The summed E-state index contributed by atoms with van der Waals surface area (Å²) < 4.78 is 41.1. The maximum absolute atomic E-state index is 13.3. The number of carbonyl (C=O) groups excluding carboxylic acids is 1. The number of amides is 1. The van der Waals surface area contributed by atoms with Gasteiger partial charge >= 0.3 is 0 Å². The van der Waals surface area contributed by atoms with E-state index in [4.69, 9.17) is 11.6 Å². The first-order valence-corrected chi connectivity index (χ1v) is 11.7. The number of halogens is 2. The molecule has 168 valence electrons. The summed E-state index contributed by atoms with van der Waals surface area (Å²) in [6.07, 6.45) is 1.13. The van der Waals surface area contributed by atoms with Gasteiger partial charge in [-0.3, -0.25) is 9.59 Å². The molecule has 0 aliphatic rings. The van der Waals surface area contributed by atoms with Crippen molar-refractivity contribution in [2.24, 2.45) is 0 Å². The zero-order valence-corrected chi connectivity index (χ0v) is 19.0. The number of fused-ring (bicyclic) bond motifs is 1.